The lowest BCUT2D eigenvalue weighted by atomic mass is 10.2. The first-order chi connectivity index (χ1) is 17.4. The fourth-order valence-corrected chi connectivity index (χ4v) is 4.74. The standard InChI is InChI=1S/C24H26F3N7OS/c1-36-18-5-2-4-17(16-18)20-29-22(31-23(30-20)34-12-14-35-15-13-34)33-10-8-32(9-11-33)21-19(24(25,26)27)6-3-7-28-21/h2-7,16H,8-15H2,1H3. The first kappa shape index (κ1) is 24.6. The molecule has 2 aromatic heterocycles. The molecule has 8 nitrogen and oxygen atoms in total. The van der Waals surface area contributed by atoms with Crippen LogP contribution in [-0.4, -0.2) is 78.7 Å². The van der Waals surface area contributed by atoms with E-state index >= 15 is 0 Å². The number of alkyl halides is 3. The summed E-state index contributed by atoms with van der Waals surface area (Å²) in [5, 5.41) is 0. The van der Waals surface area contributed by atoms with E-state index in [1.807, 2.05) is 35.4 Å². The van der Waals surface area contributed by atoms with Gasteiger partial charge in [0, 0.05) is 55.9 Å². The molecule has 1 aromatic carbocycles. The summed E-state index contributed by atoms with van der Waals surface area (Å²) in [6.07, 6.45) is -1.04. The number of nitrogens with zero attached hydrogens (tertiary/aromatic N) is 7. The van der Waals surface area contributed by atoms with E-state index in [4.69, 9.17) is 19.7 Å². The van der Waals surface area contributed by atoms with Crippen LogP contribution in [0.15, 0.2) is 47.5 Å². The van der Waals surface area contributed by atoms with Crippen LogP contribution in [0.4, 0.5) is 30.9 Å². The third kappa shape index (κ3) is 5.34. The Bertz CT molecular complexity index is 1200. The molecule has 0 N–H and O–H groups in total. The van der Waals surface area contributed by atoms with Crippen molar-refractivity contribution < 1.29 is 17.9 Å². The zero-order chi connectivity index (χ0) is 25.1. The van der Waals surface area contributed by atoms with Crippen molar-refractivity contribution in [2.24, 2.45) is 0 Å². The lowest BCUT2D eigenvalue weighted by molar-refractivity contribution is -0.137. The Hall–Kier alpha value is -3.12. The highest BCUT2D eigenvalue weighted by molar-refractivity contribution is 7.98. The molecule has 0 spiro atoms. The molecule has 2 aliphatic heterocycles. The molecule has 5 rings (SSSR count). The van der Waals surface area contributed by atoms with Crippen molar-refractivity contribution >= 4 is 29.5 Å². The zero-order valence-corrected chi connectivity index (χ0v) is 20.6. The van der Waals surface area contributed by atoms with Crippen LogP contribution in [0.25, 0.3) is 11.4 Å². The molecule has 190 valence electrons. The number of piperazine rings is 1. The molecular weight excluding hydrogens is 491 g/mol. The Morgan fingerprint density at radius 2 is 1.50 bits per heavy atom. The molecule has 2 saturated heterocycles. The topological polar surface area (TPSA) is 70.5 Å². The predicted molar refractivity (Wildman–Crippen MR) is 134 cm³/mol. The summed E-state index contributed by atoms with van der Waals surface area (Å²) in [5.74, 6) is 1.64. The number of rotatable bonds is 5. The van der Waals surface area contributed by atoms with Crippen molar-refractivity contribution in [3.05, 3.63) is 48.2 Å². The largest absolute Gasteiger partial charge is 0.419 e. The Morgan fingerprint density at radius 3 is 2.17 bits per heavy atom. The third-order valence-electron chi connectivity index (χ3n) is 6.19. The zero-order valence-electron chi connectivity index (χ0n) is 19.8. The van der Waals surface area contributed by atoms with Crippen molar-refractivity contribution in [3.8, 4) is 11.4 Å². The van der Waals surface area contributed by atoms with Gasteiger partial charge in [0.1, 0.15) is 5.82 Å². The maximum atomic E-state index is 13.5. The minimum Gasteiger partial charge on any atom is -0.378 e. The van der Waals surface area contributed by atoms with Crippen LogP contribution in [0.2, 0.25) is 0 Å². The van der Waals surface area contributed by atoms with Gasteiger partial charge in [-0.2, -0.15) is 28.1 Å². The summed E-state index contributed by atoms with van der Waals surface area (Å²) in [6.45, 7) is 4.23. The van der Waals surface area contributed by atoms with Gasteiger partial charge in [0.2, 0.25) is 11.9 Å². The molecule has 0 unspecified atom stereocenters. The predicted octanol–water partition coefficient (Wildman–Crippen LogP) is 3.84. The maximum Gasteiger partial charge on any atom is 0.419 e. The van der Waals surface area contributed by atoms with E-state index in [2.05, 4.69) is 9.88 Å². The second-order valence-corrected chi connectivity index (χ2v) is 9.32. The van der Waals surface area contributed by atoms with E-state index < -0.39 is 11.7 Å². The lowest BCUT2D eigenvalue weighted by Gasteiger charge is -2.36. The molecule has 0 atom stereocenters. The van der Waals surface area contributed by atoms with E-state index in [1.165, 1.54) is 12.3 Å². The molecule has 3 aromatic rings. The van der Waals surface area contributed by atoms with E-state index in [0.717, 1.165) is 16.5 Å². The summed E-state index contributed by atoms with van der Waals surface area (Å²) < 4.78 is 46.0. The smallest absolute Gasteiger partial charge is 0.378 e. The molecule has 0 radical (unpaired) electrons. The number of halogens is 3. The first-order valence-electron chi connectivity index (χ1n) is 11.7. The van der Waals surface area contributed by atoms with Crippen molar-refractivity contribution in [2.45, 2.75) is 11.1 Å². The Labute approximate surface area is 211 Å². The molecule has 2 fully saturated rings. The van der Waals surface area contributed by atoms with Gasteiger partial charge in [-0.25, -0.2) is 4.98 Å². The number of thioether (sulfide) groups is 1. The number of hydrogen-bond donors (Lipinski definition) is 0. The van der Waals surface area contributed by atoms with E-state index in [0.29, 0.717) is 70.2 Å². The van der Waals surface area contributed by atoms with Crippen molar-refractivity contribution in [2.75, 3.05) is 73.4 Å². The van der Waals surface area contributed by atoms with E-state index in [-0.39, 0.29) is 5.82 Å². The highest BCUT2D eigenvalue weighted by Crippen LogP contribution is 2.35. The number of anilines is 3. The SMILES string of the molecule is CSc1cccc(-c2nc(N3CCOCC3)nc(N3CCN(c4ncccc4C(F)(F)F)CC3)n2)c1. The van der Waals surface area contributed by atoms with Gasteiger partial charge >= 0.3 is 6.18 Å². The van der Waals surface area contributed by atoms with Gasteiger partial charge in [0.05, 0.1) is 18.8 Å². The molecule has 12 heteroatoms. The third-order valence-corrected chi connectivity index (χ3v) is 6.91. The molecule has 4 heterocycles. The minimum absolute atomic E-state index is 0.0381. The Kier molecular flexibility index (Phi) is 7.15. The van der Waals surface area contributed by atoms with Gasteiger partial charge in [0.25, 0.3) is 0 Å². The molecule has 0 bridgehead atoms. The second kappa shape index (κ2) is 10.5. The minimum atomic E-state index is -4.46. The summed E-state index contributed by atoms with van der Waals surface area (Å²) in [7, 11) is 0. The maximum absolute atomic E-state index is 13.5. The second-order valence-electron chi connectivity index (χ2n) is 8.44. The number of ether oxygens (including phenoxy) is 1. The van der Waals surface area contributed by atoms with Crippen LogP contribution in [0.1, 0.15) is 5.56 Å². The van der Waals surface area contributed by atoms with Gasteiger partial charge in [0.15, 0.2) is 5.82 Å². The van der Waals surface area contributed by atoms with E-state index in [9.17, 15) is 13.2 Å². The molecule has 36 heavy (non-hydrogen) atoms. The van der Waals surface area contributed by atoms with Crippen LogP contribution >= 0.6 is 11.8 Å². The average molecular weight is 518 g/mol. The highest BCUT2D eigenvalue weighted by atomic mass is 32.2. The van der Waals surface area contributed by atoms with Gasteiger partial charge in [-0.05, 0) is 30.5 Å². The van der Waals surface area contributed by atoms with Gasteiger partial charge in [-0.3, -0.25) is 0 Å². The summed E-state index contributed by atoms with van der Waals surface area (Å²) in [5.41, 5.74) is 0.172. The Balaban J connectivity index is 1.42. The lowest BCUT2D eigenvalue weighted by Crippen LogP contribution is -2.48. The highest BCUT2D eigenvalue weighted by Gasteiger charge is 2.36. The first-order valence-corrected chi connectivity index (χ1v) is 12.9. The van der Waals surface area contributed by atoms with Crippen molar-refractivity contribution in [3.63, 3.8) is 0 Å². The molecule has 2 aliphatic rings. The monoisotopic (exact) mass is 517 g/mol. The molecule has 0 amide bonds. The molecular formula is C24H26F3N7OS. The van der Waals surface area contributed by atoms with Crippen LogP contribution in [0.3, 0.4) is 0 Å². The summed E-state index contributed by atoms with van der Waals surface area (Å²) in [6, 6.07) is 10.4. The number of hydrogen-bond acceptors (Lipinski definition) is 9. The van der Waals surface area contributed by atoms with Crippen LogP contribution < -0.4 is 14.7 Å². The number of aromatic nitrogens is 4. The number of morpholine rings is 1. The van der Waals surface area contributed by atoms with Crippen LogP contribution in [0.5, 0.6) is 0 Å². The van der Waals surface area contributed by atoms with Crippen molar-refractivity contribution in [1.29, 1.82) is 0 Å². The fourth-order valence-electron chi connectivity index (χ4n) is 4.28. The summed E-state index contributed by atoms with van der Waals surface area (Å²) in [4.78, 5) is 25.2. The van der Waals surface area contributed by atoms with Crippen molar-refractivity contribution in [1.82, 2.24) is 19.9 Å². The van der Waals surface area contributed by atoms with Crippen LogP contribution in [0, 0.1) is 0 Å². The fraction of sp³-hybridized carbons (Fsp3) is 0.417. The van der Waals surface area contributed by atoms with E-state index in [1.54, 1.807) is 16.7 Å². The summed E-state index contributed by atoms with van der Waals surface area (Å²) >= 11 is 1.64. The van der Waals surface area contributed by atoms with Gasteiger partial charge in [-0.15, -0.1) is 11.8 Å². The molecule has 0 saturated carbocycles. The van der Waals surface area contributed by atoms with Crippen LogP contribution in [-0.2, 0) is 10.9 Å². The molecule has 0 aliphatic carbocycles. The number of pyridine rings is 1. The Morgan fingerprint density at radius 1 is 0.833 bits per heavy atom. The average Bonchev–Trinajstić information content (AvgIpc) is 2.93. The normalized spacial score (nSPS) is 16.9. The number of benzene rings is 1. The van der Waals surface area contributed by atoms with Gasteiger partial charge < -0.3 is 19.4 Å². The quantitative estimate of drug-likeness (QED) is 0.470. The van der Waals surface area contributed by atoms with Gasteiger partial charge in [-0.1, -0.05) is 12.1 Å².